The third-order valence-electron chi connectivity index (χ3n) is 6.70. The van der Waals surface area contributed by atoms with E-state index >= 15 is 0 Å². The average molecular weight is 527 g/mol. The van der Waals surface area contributed by atoms with Gasteiger partial charge in [-0.05, 0) is 60.5 Å². The summed E-state index contributed by atoms with van der Waals surface area (Å²) in [5.41, 5.74) is 8.26. The molecule has 0 atom stereocenters. The molecule has 1 fully saturated rings. The molecule has 4 N–H and O–H groups in total. The van der Waals surface area contributed by atoms with Crippen molar-refractivity contribution >= 4 is 28.2 Å². The van der Waals surface area contributed by atoms with Gasteiger partial charge in [-0.15, -0.1) is 0 Å². The van der Waals surface area contributed by atoms with Crippen LogP contribution in [0, 0.1) is 24.0 Å². The van der Waals surface area contributed by atoms with Crippen molar-refractivity contribution in [1.82, 2.24) is 20.2 Å². The van der Waals surface area contributed by atoms with Gasteiger partial charge in [0.05, 0.1) is 23.2 Å². The number of aromatic amines is 1. The second-order valence-electron chi connectivity index (χ2n) is 9.30. The van der Waals surface area contributed by atoms with Crippen LogP contribution in [-0.4, -0.2) is 32.3 Å². The van der Waals surface area contributed by atoms with Crippen molar-refractivity contribution in [3.8, 4) is 22.6 Å². The lowest BCUT2D eigenvalue weighted by Crippen LogP contribution is -2.34. The molecular formula is C29H24F2N6O2. The van der Waals surface area contributed by atoms with Crippen molar-refractivity contribution in [2.24, 2.45) is 7.05 Å². The van der Waals surface area contributed by atoms with Crippen LogP contribution in [0.1, 0.15) is 11.3 Å². The summed E-state index contributed by atoms with van der Waals surface area (Å²) in [6.45, 7) is 2.06. The lowest BCUT2D eigenvalue weighted by molar-refractivity contribution is 0.416. The van der Waals surface area contributed by atoms with Gasteiger partial charge in [-0.1, -0.05) is 18.2 Å². The molecule has 0 unspecified atom stereocenters. The van der Waals surface area contributed by atoms with E-state index in [1.807, 2.05) is 44.4 Å². The molecule has 39 heavy (non-hydrogen) atoms. The summed E-state index contributed by atoms with van der Waals surface area (Å²) in [6.07, 6.45) is 3.73. The first-order valence-electron chi connectivity index (χ1n) is 12.2. The normalized spacial score (nSPS) is 14.9. The molecule has 6 rings (SSSR count). The van der Waals surface area contributed by atoms with Crippen LogP contribution in [-0.2, 0) is 7.05 Å². The van der Waals surface area contributed by atoms with Gasteiger partial charge in [0.2, 0.25) is 5.82 Å². The quantitative estimate of drug-likeness (QED) is 0.204. The topological polar surface area (TPSA) is 102 Å². The fraction of sp³-hybridized carbons (Fsp3) is 0.103. The fourth-order valence-corrected chi connectivity index (χ4v) is 4.75. The van der Waals surface area contributed by atoms with E-state index in [-0.39, 0.29) is 23.9 Å². The van der Waals surface area contributed by atoms with Gasteiger partial charge < -0.3 is 14.8 Å². The van der Waals surface area contributed by atoms with E-state index in [1.54, 1.807) is 34.1 Å². The zero-order valence-corrected chi connectivity index (χ0v) is 21.1. The van der Waals surface area contributed by atoms with Gasteiger partial charge in [-0.25, -0.2) is 9.82 Å². The number of nitrogens with zero attached hydrogens (tertiary/aromatic N) is 3. The summed E-state index contributed by atoms with van der Waals surface area (Å²) >= 11 is 0. The first-order valence-corrected chi connectivity index (χ1v) is 12.2. The predicted molar refractivity (Wildman–Crippen MR) is 146 cm³/mol. The number of H-pyrrole nitrogens is 1. The van der Waals surface area contributed by atoms with Crippen molar-refractivity contribution in [2.75, 3.05) is 11.6 Å². The number of aryl methyl sites for hydroxylation is 2. The van der Waals surface area contributed by atoms with Crippen LogP contribution < -0.4 is 15.2 Å². The summed E-state index contributed by atoms with van der Waals surface area (Å²) < 4.78 is 34.8. The van der Waals surface area contributed by atoms with E-state index < -0.39 is 11.6 Å². The van der Waals surface area contributed by atoms with Crippen LogP contribution >= 0.6 is 0 Å². The molecule has 3 heterocycles. The summed E-state index contributed by atoms with van der Waals surface area (Å²) in [4.78, 5) is 3.26. The van der Waals surface area contributed by atoms with Gasteiger partial charge in [-0.3, -0.25) is 15.1 Å². The summed E-state index contributed by atoms with van der Waals surface area (Å²) in [5, 5.41) is 26.7. The van der Waals surface area contributed by atoms with E-state index in [0.29, 0.717) is 22.7 Å². The molecule has 0 bridgehead atoms. The number of hydrogen-bond donors (Lipinski definition) is 4. The molecule has 1 saturated heterocycles. The largest absolute Gasteiger partial charge is 0.505 e. The van der Waals surface area contributed by atoms with Crippen molar-refractivity contribution in [3.63, 3.8) is 0 Å². The highest BCUT2D eigenvalue weighted by atomic mass is 19.2. The molecule has 3 aromatic carbocycles. The SMILES string of the molecule is Cc1cc(Oc2cccc(F)c2F)ccc1N1NCC(=C(O)c2cc3c(-c4cnn(C)c4)cccc3[nH]2)C1=N. The third-order valence-corrected chi connectivity index (χ3v) is 6.70. The Morgan fingerprint density at radius 1 is 1.10 bits per heavy atom. The van der Waals surface area contributed by atoms with Gasteiger partial charge in [0.25, 0.3) is 0 Å². The lowest BCUT2D eigenvalue weighted by Gasteiger charge is -2.20. The van der Waals surface area contributed by atoms with E-state index in [4.69, 9.17) is 10.1 Å². The smallest absolute Gasteiger partial charge is 0.201 e. The minimum Gasteiger partial charge on any atom is -0.505 e. The monoisotopic (exact) mass is 526 g/mol. The Hall–Kier alpha value is -4.96. The molecule has 0 saturated carbocycles. The van der Waals surface area contributed by atoms with E-state index in [1.165, 1.54) is 12.1 Å². The number of benzene rings is 3. The number of ether oxygens (including phenoxy) is 1. The maximum Gasteiger partial charge on any atom is 0.201 e. The first-order chi connectivity index (χ1) is 18.8. The molecule has 0 radical (unpaired) electrons. The lowest BCUT2D eigenvalue weighted by atomic mass is 10.0. The fourth-order valence-electron chi connectivity index (χ4n) is 4.75. The molecule has 8 nitrogen and oxygen atoms in total. The predicted octanol–water partition coefficient (Wildman–Crippen LogP) is 6.22. The number of aliphatic hydroxyl groups is 1. The number of fused-ring (bicyclic) bond motifs is 1. The highest BCUT2D eigenvalue weighted by Crippen LogP contribution is 2.34. The number of rotatable bonds is 5. The Labute approximate surface area is 222 Å². The number of hydrazine groups is 1. The second kappa shape index (κ2) is 9.41. The zero-order valence-electron chi connectivity index (χ0n) is 21.1. The van der Waals surface area contributed by atoms with Crippen LogP contribution in [0.3, 0.4) is 0 Å². The maximum atomic E-state index is 14.0. The van der Waals surface area contributed by atoms with E-state index in [0.717, 1.165) is 33.7 Å². The average Bonchev–Trinajstić information content (AvgIpc) is 3.65. The molecule has 0 amide bonds. The highest BCUT2D eigenvalue weighted by Gasteiger charge is 2.29. The Morgan fingerprint density at radius 2 is 1.92 bits per heavy atom. The minimum atomic E-state index is -1.06. The van der Waals surface area contributed by atoms with Gasteiger partial charge >= 0.3 is 0 Å². The van der Waals surface area contributed by atoms with E-state index in [2.05, 4.69) is 15.5 Å². The number of halogens is 2. The van der Waals surface area contributed by atoms with Crippen molar-refractivity contribution < 1.29 is 18.6 Å². The van der Waals surface area contributed by atoms with Gasteiger partial charge in [0, 0.05) is 36.3 Å². The number of nitrogens with one attached hydrogen (secondary N) is 3. The van der Waals surface area contributed by atoms with Crippen LogP contribution in [0.4, 0.5) is 14.5 Å². The third kappa shape index (κ3) is 4.30. The molecule has 5 aromatic rings. The summed E-state index contributed by atoms with van der Waals surface area (Å²) in [6, 6.07) is 16.5. The van der Waals surface area contributed by atoms with Gasteiger partial charge in [0.1, 0.15) is 17.3 Å². The van der Waals surface area contributed by atoms with Gasteiger partial charge in [0.15, 0.2) is 11.6 Å². The highest BCUT2D eigenvalue weighted by molar-refractivity contribution is 6.13. The standard InChI is InChI=1S/C29H24F2N6O2/c1-16-11-18(39-26-8-4-6-22(30)27(26)31)9-10-25(16)37-29(32)21(14-34-37)28(38)24-12-20-19(5-3-7-23(20)35-24)17-13-33-36(2)15-17/h3-13,15,32,34-35,38H,14H2,1-2H3. The number of amidine groups is 1. The molecule has 2 aromatic heterocycles. The van der Waals surface area contributed by atoms with Crippen molar-refractivity contribution in [2.45, 2.75) is 6.92 Å². The summed E-state index contributed by atoms with van der Waals surface area (Å²) in [7, 11) is 1.86. The molecular weight excluding hydrogens is 502 g/mol. The molecule has 196 valence electrons. The number of hydrogen-bond acceptors (Lipinski definition) is 5. The second-order valence-corrected chi connectivity index (χ2v) is 9.30. The molecule has 10 heteroatoms. The van der Waals surface area contributed by atoms with Crippen molar-refractivity contribution in [1.29, 1.82) is 5.41 Å². The Morgan fingerprint density at radius 3 is 2.69 bits per heavy atom. The number of aromatic nitrogens is 3. The zero-order chi connectivity index (χ0) is 27.3. The van der Waals surface area contributed by atoms with Crippen LogP contribution in [0.15, 0.2) is 78.6 Å². The molecule has 1 aliphatic rings. The Kier molecular flexibility index (Phi) is 5.88. The molecule has 1 aliphatic heterocycles. The number of anilines is 1. The van der Waals surface area contributed by atoms with Crippen molar-refractivity contribution in [3.05, 3.63) is 102 Å². The van der Waals surface area contributed by atoms with Gasteiger partial charge in [-0.2, -0.15) is 9.49 Å². The Balaban J connectivity index is 1.28. The minimum absolute atomic E-state index is 0.0254. The first kappa shape index (κ1) is 24.4. The summed E-state index contributed by atoms with van der Waals surface area (Å²) in [5.74, 6) is -1.87. The molecule has 0 spiro atoms. The van der Waals surface area contributed by atoms with Crippen LogP contribution in [0.5, 0.6) is 11.5 Å². The van der Waals surface area contributed by atoms with Crippen LogP contribution in [0.25, 0.3) is 27.8 Å². The van der Waals surface area contributed by atoms with E-state index in [9.17, 15) is 13.9 Å². The maximum absolute atomic E-state index is 14.0. The molecule has 0 aliphatic carbocycles. The van der Waals surface area contributed by atoms with Crippen LogP contribution in [0.2, 0.25) is 0 Å². The number of aliphatic hydroxyl groups excluding tert-OH is 1. The Bertz CT molecular complexity index is 1790.